The van der Waals surface area contributed by atoms with Crippen LogP contribution in [0, 0.1) is 5.92 Å². The maximum Gasteiger partial charge on any atom is 0.573 e. The molecular formula is C14H14F3NO4. The van der Waals surface area contributed by atoms with E-state index in [2.05, 4.69) is 10.1 Å². The number of carboxylic acids is 1. The number of hydrogen-bond donors (Lipinski definition) is 2. The molecule has 1 saturated carbocycles. The van der Waals surface area contributed by atoms with Crippen molar-refractivity contribution in [2.24, 2.45) is 5.92 Å². The number of rotatable bonds is 6. The van der Waals surface area contributed by atoms with E-state index in [0.717, 1.165) is 25.0 Å². The average Bonchev–Trinajstić information content (AvgIpc) is 3.20. The minimum Gasteiger partial charge on any atom is -0.480 e. The van der Waals surface area contributed by atoms with Crippen LogP contribution >= 0.6 is 0 Å². The summed E-state index contributed by atoms with van der Waals surface area (Å²) in [6.45, 7) is 0. The van der Waals surface area contributed by atoms with E-state index in [-0.39, 0.29) is 11.5 Å². The fourth-order valence-corrected chi connectivity index (χ4v) is 1.98. The fraction of sp³-hybridized carbons (Fsp3) is 0.429. The van der Waals surface area contributed by atoms with Gasteiger partial charge in [0.2, 0.25) is 0 Å². The number of carbonyl (C=O) groups excluding carboxylic acids is 1. The first-order chi connectivity index (χ1) is 10.2. The molecule has 0 heterocycles. The van der Waals surface area contributed by atoms with Gasteiger partial charge in [-0.15, -0.1) is 13.2 Å². The van der Waals surface area contributed by atoms with Crippen LogP contribution in [0.15, 0.2) is 24.3 Å². The zero-order valence-corrected chi connectivity index (χ0v) is 11.4. The van der Waals surface area contributed by atoms with E-state index in [0.29, 0.717) is 6.42 Å². The molecule has 0 spiro atoms. The Morgan fingerprint density at radius 2 is 2.05 bits per heavy atom. The van der Waals surface area contributed by atoms with Gasteiger partial charge in [-0.05, 0) is 30.5 Å². The SMILES string of the molecule is O=C(NC(CC1CC1)C(=O)O)c1cccc(OC(F)(F)F)c1. The Labute approximate surface area is 124 Å². The van der Waals surface area contributed by atoms with Crippen molar-refractivity contribution in [1.82, 2.24) is 5.32 Å². The van der Waals surface area contributed by atoms with Crippen molar-refractivity contribution >= 4 is 11.9 Å². The molecule has 2 N–H and O–H groups in total. The minimum absolute atomic E-state index is 0.0937. The molecule has 1 aromatic carbocycles. The third-order valence-corrected chi connectivity index (χ3v) is 3.20. The molecule has 0 aromatic heterocycles. The van der Waals surface area contributed by atoms with Gasteiger partial charge in [-0.1, -0.05) is 18.9 Å². The Morgan fingerprint density at radius 1 is 1.36 bits per heavy atom. The first-order valence-electron chi connectivity index (χ1n) is 6.64. The van der Waals surface area contributed by atoms with Crippen LogP contribution in [-0.2, 0) is 4.79 Å². The first kappa shape index (κ1) is 16.1. The molecule has 120 valence electrons. The first-order valence-corrected chi connectivity index (χ1v) is 6.64. The molecule has 0 aliphatic heterocycles. The number of nitrogens with one attached hydrogen (secondary N) is 1. The van der Waals surface area contributed by atoms with Gasteiger partial charge in [-0.25, -0.2) is 4.79 Å². The molecule has 1 aromatic rings. The quantitative estimate of drug-likeness (QED) is 0.845. The lowest BCUT2D eigenvalue weighted by Gasteiger charge is -2.15. The molecule has 1 amide bonds. The standard InChI is InChI=1S/C14H14F3NO4/c15-14(16,17)22-10-3-1-2-9(7-10)12(19)18-11(13(20)21)6-8-4-5-8/h1-3,7-8,11H,4-6H2,(H,18,19)(H,20,21). The van der Waals surface area contributed by atoms with Crippen molar-refractivity contribution in [3.8, 4) is 5.75 Å². The Bertz CT molecular complexity index is 569. The summed E-state index contributed by atoms with van der Waals surface area (Å²) in [7, 11) is 0. The van der Waals surface area contributed by atoms with Crippen LogP contribution in [-0.4, -0.2) is 29.4 Å². The largest absolute Gasteiger partial charge is 0.573 e. The van der Waals surface area contributed by atoms with E-state index >= 15 is 0 Å². The summed E-state index contributed by atoms with van der Waals surface area (Å²) in [6, 6.07) is 3.44. The number of amides is 1. The Hall–Kier alpha value is -2.25. The highest BCUT2D eigenvalue weighted by Gasteiger charge is 2.32. The number of hydrogen-bond acceptors (Lipinski definition) is 3. The summed E-state index contributed by atoms with van der Waals surface area (Å²) in [5.41, 5.74) is -0.0937. The number of carboxylic acid groups (broad SMARTS) is 1. The highest BCUT2D eigenvalue weighted by Crippen LogP contribution is 2.33. The topological polar surface area (TPSA) is 75.6 Å². The molecule has 8 heteroatoms. The van der Waals surface area contributed by atoms with Gasteiger partial charge in [0.25, 0.3) is 5.91 Å². The number of alkyl halides is 3. The molecule has 0 radical (unpaired) electrons. The van der Waals surface area contributed by atoms with Gasteiger partial charge in [0.15, 0.2) is 0 Å². The minimum atomic E-state index is -4.86. The van der Waals surface area contributed by atoms with Crippen molar-refractivity contribution in [3.05, 3.63) is 29.8 Å². The van der Waals surface area contributed by atoms with E-state index in [1.165, 1.54) is 12.1 Å². The predicted molar refractivity (Wildman–Crippen MR) is 69.4 cm³/mol. The maximum absolute atomic E-state index is 12.1. The van der Waals surface area contributed by atoms with E-state index in [4.69, 9.17) is 5.11 Å². The average molecular weight is 317 g/mol. The number of carbonyl (C=O) groups is 2. The van der Waals surface area contributed by atoms with Crippen molar-refractivity contribution in [3.63, 3.8) is 0 Å². The molecule has 1 unspecified atom stereocenters. The number of benzene rings is 1. The smallest absolute Gasteiger partial charge is 0.480 e. The molecular weight excluding hydrogens is 303 g/mol. The van der Waals surface area contributed by atoms with Crippen LogP contribution in [0.5, 0.6) is 5.75 Å². The second kappa shape index (κ2) is 6.25. The molecule has 2 rings (SSSR count). The van der Waals surface area contributed by atoms with Gasteiger partial charge in [-0.3, -0.25) is 4.79 Å². The van der Waals surface area contributed by atoms with Crippen LogP contribution in [0.1, 0.15) is 29.6 Å². The lowest BCUT2D eigenvalue weighted by Crippen LogP contribution is -2.41. The predicted octanol–water partition coefficient (Wildman–Crippen LogP) is 2.57. The second-order valence-corrected chi connectivity index (χ2v) is 5.12. The van der Waals surface area contributed by atoms with E-state index < -0.39 is 30.0 Å². The molecule has 22 heavy (non-hydrogen) atoms. The molecule has 5 nitrogen and oxygen atoms in total. The third kappa shape index (κ3) is 4.94. The van der Waals surface area contributed by atoms with Gasteiger partial charge >= 0.3 is 12.3 Å². The van der Waals surface area contributed by atoms with Crippen molar-refractivity contribution < 1.29 is 32.6 Å². The molecule has 0 bridgehead atoms. The van der Waals surface area contributed by atoms with Crippen molar-refractivity contribution in [2.45, 2.75) is 31.7 Å². The van der Waals surface area contributed by atoms with Gasteiger partial charge in [0, 0.05) is 5.56 Å². The zero-order valence-electron chi connectivity index (χ0n) is 11.4. The number of aliphatic carboxylic acids is 1. The van der Waals surface area contributed by atoms with Crippen LogP contribution < -0.4 is 10.1 Å². The summed E-state index contributed by atoms with van der Waals surface area (Å²) >= 11 is 0. The van der Waals surface area contributed by atoms with Gasteiger partial charge in [0.1, 0.15) is 11.8 Å². The highest BCUT2D eigenvalue weighted by atomic mass is 19.4. The van der Waals surface area contributed by atoms with Crippen LogP contribution in [0.2, 0.25) is 0 Å². The monoisotopic (exact) mass is 317 g/mol. The fourth-order valence-electron chi connectivity index (χ4n) is 1.98. The lowest BCUT2D eigenvalue weighted by molar-refractivity contribution is -0.274. The second-order valence-electron chi connectivity index (χ2n) is 5.12. The van der Waals surface area contributed by atoms with Crippen LogP contribution in [0.3, 0.4) is 0 Å². The normalized spacial score (nSPS) is 16.0. The molecule has 1 aliphatic carbocycles. The Morgan fingerprint density at radius 3 is 2.59 bits per heavy atom. The summed E-state index contributed by atoms with van der Waals surface area (Å²) in [5, 5.41) is 11.4. The lowest BCUT2D eigenvalue weighted by atomic mass is 10.1. The van der Waals surface area contributed by atoms with E-state index in [1.54, 1.807) is 0 Å². The van der Waals surface area contributed by atoms with Gasteiger partial charge in [-0.2, -0.15) is 0 Å². The van der Waals surface area contributed by atoms with Gasteiger partial charge in [0.05, 0.1) is 0 Å². The molecule has 1 aliphatic rings. The summed E-state index contributed by atoms with van der Waals surface area (Å²) < 4.78 is 40.1. The zero-order chi connectivity index (χ0) is 16.3. The Balaban J connectivity index is 2.04. The van der Waals surface area contributed by atoms with Crippen molar-refractivity contribution in [2.75, 3.05) is 0 Å². The van der Waals surface area contributed by atoms with Crippen molar-refractivity contribution in [1.29, 1.82) is 0 Å². The summed E-state index contributed by atoms with van der Waals surface area (Å²) in [5.74, 6) is -2.17. The van der Waals surface area contributed by atoms with Crippen LogP contribution in [0.25, 0.3) is 0 Å². The number of halogens is 3. The Kier molecular flexibility index (Phi) is 4.58. The van der Waals surface area contributed by atoms with E-state index in [9.17, 15) is 22.8 Å². The molecule has 0 saturated heterocycles. The van der Waals surface area contributed by atoms with E-state index in [1.807, 2.05) is 0 Å². The van der Waals surface area contributed by atoms with Gasteiger partial charge < -0.3 is 15.2 Å². The molecule has 1 fully saturated rings. The number of ether oxygens (including phenoxy) is 1. The summed E-state index contributed by atoms with van der Waals surface area (Å²) in [6.07, 6.45) is -2.69. The molecule has 1 atom stereocenters. The van der Waals surface area contributed by atoms with Crippen LogP contribution in [0.4, 0.5) is 13.2 Å². The summed E-state index contributed by atoms with van der Waals surface area (Å²) in [4.78, 5) is 23.1. The highest BCUT2D eigenvalue weighted by molar-refractivity contribution is 5.96. The maximum atomic E-state index is 12.1. The third-order valence-electron chi connectivity index (χ3n) is 3.20.